The van der Waals surface area contributed by atoms with Crippen LogP contribution in [0.25, 0.3) is 0 Å². The first-order valence-electron chi connectivity index (χ1n) is 8.26. The molecule has 0 atom stereocenters. The summed E-state index contributed by atoms with van der Waals surface area (Å²) in [5.74, 6) is -0.155. The number of carbonyl (C=O) groups excluding carboxylic acids is 1. The first-order chi connectivity index (χ1) is 11.0. The summed E-state index contributed by atoms with van der Waals surface area (Å²) < 4.78 is 0. The molecule has 0 aliphatic heterocycles. The van der Waals surface area contributed by atoms with Gasteiger partial charge < -0.3 is 22.2 Å². The van der Waals surface area contributed by atoms with Crippen LogP contribution in [0.2, 0.25) is 0 Å². The second-order valence-corrected chi connectivity index (χ2v) is 8.31. The Labute approximate surface area is 696 Å². The minimum Gasteiger partial charge on any atom is -0.470 e. The maximum absolute atomic E-state index is 12.7. The summed E-state index contributed by atoms with van der Waals surface area (Å²) in [7, 11) is 0. The van der Waals surface area contributed by atoms with Crippen LogP contribution in [0.4, 0.5) is 5.69 Å². The summed E-state index contributed by atoms with van der Waals surface area (Å²) in [6.07, 6.45) is 0. The van der Waals surface area contributed by atoms with Crippen molar-refractivity contribution in [2.24, 2.45) is 0 Å². The van der Waals surface area contributed by atoms with Gasteiger partial charge >= 0.3 is 0 Å². The molecule has 0 bridgehead atoms. The van der Waals surface area contributed by atoms with Gasteiger partial charge in [0, 0.05) is 569 Å². The monoisotopic (exact) mass is 5290 g/mol. The van der Waals surface area contributed by atoms with Crippen LogP contribution in [0.15, 0.2) is 24.3 Å². The Morgan fingerprint density at radius 2 is 0.745 bits per heavy atom. The Morgan fingerprint density at radius 1 is 0.471 bits per heavy atom. The number of hydrogen-bond donors (Lipinski definition) is 1. The van der Waals surface area contributed by atoms with Gasteiger partial charge in [0.2, 0.25) is 0 Å². The first-order valence-corrected chi connectivity index (χ1v) is 8.26. The van der Waals surface area contributed by atoms with Gasteiger partial charge in [0.1, 0.15) is 5.91 Å². The van der Waals surface area contributed by atoms with Crippen LogP contribution in [0, 0.1) is 25.1 Å². The number of aryl methyl sites for hydroxylation is 1. The minimum atomic E-state index is -0.155. The van der Waals surface area contributed by atoms with Crippen molar-refractivity contribution in [1.29, 1.82) is 0 Å². The van der Waals surface area contributed by atoms with Crippen LogP contribution in [0.1, 0.15) is 68.6 Å². The first kappa shape index (κ1) is 173. The SMILES string of the molecule is Cc1[c-]cc(NC(=O)c2[c-]c(C(C)(C)C)cc(C(C)(C)C)c2)c[c-]1.[W].[W].[W].[W].[W].[W].[W].[W].[W].[W].[W].[W].[W].[W].[W].[W].[W].[W].[W].[W].[W].[W].[W].[W].[W].[W].[W]. The van der Waals surface area contributed by atoms with E-state index >= 15 is 0 Å². The number of anilines is 1. The average molecular weight is 5280 g/mol. The molecule has 0 fully saturated rings. The van der Waals surface area contributed by atoms with E-state index < -0.39 is 0 Å². The van der Waals surface area contributed by atoms with Crippen molar-refractivity contribution < 1.29 is 574 Å². The standard InChI is InChI=1S/C22H26NO.27W/c1-15-8-10-19(11-9-15)23-20(24)16-12-17(21(2,3)4)14-18(13-16)22(5,6)7;;;;;;;;;;;;;;;;;;;;;;;;;;;/h10-12,14H,1-7H3,(H,23,24);;;;;;;;;;;;;;;;;;;;;;;;;;;/q-3;;;;;;;;;;;;;;;;;;;;;;;;;;;. The van der Waals surface area contributed by atoms with E-state index in [2.05, 4.69) is 71.1 Å². The molecule has 0 radical (unpaired) electrons. The van der Waals surface area contributed by atoms with Crippen molar-refractivity contribution in [2.75, 3.05) is 5.32 Å². The van der Waals surface area contributed by atoms with Gasteiger partial charge in [-0.1, -0.05) is 54.0 Å². The molecule has 0 saturated carbocycles. The molecule has 51 heavy (non-hydrogen) atoms. The summed E-state index contributed by atoms with van der Waals surface area (Å²) in [6.45, 7) is 14.8. The van der Waals surface area contributed by atoms with E-state index in [4.69, 9.17) is 0 Å². The number of benzene rings is 2. The molecule has 29 heteroatoms. The zero-order valence-corrected chi connectivity index (χ0v) is 106. The van der Waals surface area contributed by atoms with Gasteiger partial charge in [-0.2, -0.15) is 5.69 Å². The Bertz CT molecular complexity index is 747. The molecule has 2 aromatic carbocycles. The van der Waals surface area contributed by atoms with Gasteiger partial charge in [0.05, 0.1) is 0 Å². The average Bonchev–Trinajstić information content (AvgIpc) is 2.47. The molecule has 0 spiro atoms. The van der Waals surface area contributed by atoms with Gasteiger partial charge in [-0.15, -0.1) is 29.3 Å². The zero-order valence-electron chi connectivity index (χ0n) is 26.7. The maximum atomic E-state index is 12.7. The van der Waals surface area contributed by atoms with Crippen molar-refractivity contribution in [1.82, 2.24) is 0 Å². The molecule has 1 amide bonds. The molecule has 0 saturated heterocycles. The third-order valence-corrected chi connectivity index (χ3v) is 3.93. The van der Waals surface area contributed by atoms with Crippen LogP contribution in [0.3, 0.4) is 0 Å². The van der Waals surface area contributed by atoms with Crippen LogP contribution in [-0.4, -0.2) is 5.91 Å². The largest absolute Gasteiger partial charge is 0.470 e. The summed E-state index contributed by atoms with van der Waals surface area (Å²) >= 11 is 0. The van der Waals surface area contributed by atoms with E-state index in [1.54, 1.807) is 12.1 Å². The van der Waals surface area contributed by atoms with Crippen LogP contribution in [-0.2, 0) is 580 Å². The second kappa shape index (κ2) is 96.0. The fourth-order valence-corrected chi connectivity index (χ4v) is 2.26. The number of amides is 1. The molecule has 290 valence electrons. The van der Waals surface area contributed by atoms with Gasteiger partial charge in [0.25, 0.3) is 0 Å². The zero-order chi connectivity index (χ0) is 18.1. The molecule has 0 unspecified atom stereocenters. The predicted octanol–water partition coefficient (Wildman–Crippen LogP) is 5.18. The molecule has 2 aromatic rings. The van der Waals surface area contributed by atoms with Crippen LogP contribution >= 0.6 is 0 Å². The van der Waals surface area contributed by atoms with E-state index in [0.29, 0.717) is 11.3 Å². The summed E-state index contributed by atoms with van der Waals surface area (Å²) in [4.78, 5) is 12.7. The summed E-state index contributed by atoms with van der Waals surface area (Å²) in [6, 6.07) is 17.0. The molecule has 2 rings (SSSR count). The molecule has 0 heterocycles. The van der Waals surface area contributed by atoms with Crippen molar-refractivity contribution in [3.63, 3.8) is 0 Å². The second-order valence-electron chi connectivity index (χ2n) is 8.31. The number of rotatable bonds is 2. The number of nitrogens with one attached hydrogen (secondary N) is 1. The normalized spacial score (nSPS) is 5.71. The minimum absolute atomic E-state index is 0. The predicted molar refractivity (Wildman–Crippen MR) is 99.5 cm³/mol. The Kier molecular flexibility index (Phi) is 326. The van der Waals surface area contributed by atoms with E-state index in [0.717, 1.165) is 16.7 Å². The van der Waals surface area contributed by atoms with Gasteiger partial charge in [-0.3, -0.25) is 17.7 Å². The maximum Gasteiger partial charge on any atom is 0.148 e. The topological polar surface area (TPSA) is 29.1 Å². The quantitative estimate of drug-likeness (QED) is 0.414. The Hall–Kier alpha value is 16.5. The Balaban J connectivity index is -0.00000000965. The molecular weight excluding hydrogens is 5260 g/mol. The van der Waals surface area contributed by atoms with Crippen molar-refractivity contribution in [2.45, 2.75) is 59.3 Å². The molecule has 0 aliphatic carbocycles. The van der Waals surface area contributed by atoms with Crippen molar-refractivity contribution >= 4 is 11.6 Å². The van der Waals surface area contributed by atoms with Crippen LogP contribution in [0.5, 0.6) is 0 Å². The summed E-state index contributed by atoms with van der Waals surface area (Å²) in [5, 5.41) is 2.91. The van der Waals surface area contributed by atoms with Crippen LogP contribution < -0.4 is 5.32 Å². The fourth-order valence-electron chi connectivity index (χ4n) is 2.26. The van der Waals surface area contributed by atoms with Crippen molar-refractivity contribution in [3.8, 4) is 0 Å². The molecule has 0 aliphatic rings. The molecular formula is C22H26NOW27-3. The van der Waals surface area contributed by atoms with E-state index in [1.165, 1.54) is 0 Å². The van der Waals surface area contributed by atoms with E-state index in [-0.39, 0.29) is 585 Å². The van der Waals surface area contributed by atoms with E-state index in [1.807, 2.05) is 13.0 Å². The third-order valence-electron chi connectivity index (χ3n) is 3.93. The van der Waals surface area contributed by atoms with Gasteiger partial charge in [-0.05, 0) is 10.8 Å². The summed E-state index contributed by atoms with van der Waals surface area (Å²) in [5.41, 5.74) is 4.26. The van der Waals surface area contributed by atoms with Gasteiger partial charge in [-0.25, -0.2) is 0 Å². The molecule has 0 aromatic heterocycles. The molecule has 2 nitrogen and oxygen atoms in total. The van der Waals surface area contributed by atoms with E-state index in [9.17, 15) is 4.79 Å². The van der Waals surface area contributed by atoms with Gasteiger partial charge in [0.15, 0.2) is 0 Å². The van der Waals surface area contributed by atoms with Crippen molar-refractivity contribution in [3.05, 3.63) is 64.7 Å². The number of hydrogen-bond acceptors (Lipinski definition) is 1. The smallest absolute Gasteiger partial charge is 0.148 e. The number of carbonyl (C=O) groups is 1. The Morgan fingerprint density at radius 3 is 0.980 bits per heavy atom. The fraction of sp³-hybridized carbons (Fsp3) is 0.409. The third kappa shape index (κ3) is 80.8. The molecule has 1 N–H and O–H groups in total.